The van der Waals surface area contributed by atoms with E-state index < -0.39 is 24.3 Å². The smallest absolute Gasteiger partial charge is 0.349 e. The highest BCUT2D eigenvalue weighted by atomic mass is 35.5. The summed E-state index contributed by atoms with van der Waals surface area (Å²) in [6, 6.07) is 5.36. The molecule has 0 spiro atoms. The van der Waals surface area contributed by atoms with E-state index in [1.54, 1.807) is 0 Å². The third-order valence-corrected chi connectivity index (χ3v) is 3.96. The molecule has 1 aromatic heterocycles. The number of benzene rings is 1. The van der Waals surface area contributed by atoms with E-state index in [2.05, 4.69) is 15.7 Å². The van der Waals surface area contributed by atoms with E-state index in [-0.39, 0.29) is 17.0 Å². The molecule has 10 heteroatoms. The fourth-order valence-corrected chi connectivity index (χ4v) is 2.48. The van der Waals surface area contributed by atoms with Gasteiger partial charge >= 0.3 is 6.18 Å². The molecule has 1 aliphatic carbocycles. The van der Waals surface area contributed by atoms with Crippen molar-refractivity contribution in [2.75, 3.05) is 5.32 Å². The van der Waals surface area contributed by atoms with Crippen molar-refractivity contribution >= 4 is 29.1 Å². The van der Waals surface area contributed by atoms with Crippen LogP contribution in [0.5, 0.6) is 0 Å². The summed E-state index contributed by atoms with van der Waals surface area (Å²) in [7, 11) is 0. The van der Waals surface area contributed by atoms with Crippen LogP contribution >= 0.6 is 11.6 Å². The highest BCUT2D eigenvalue weighted by Crippen LogP contribution is 2.27. The lowest BCUT2D eigenvalue weighted by Crippen LogP contribution is -2.25. The number of carbonyl (C=O) groups is 2. The van der Waals surface area contributed by atoms with E-state index >= 15 is 0 Å². The summed E-state index contributed by atoms with van der Waals surface area (Å²) in [5.41, 5.74) is -0.455. The zero-order chi connectivity index (χ0) is 18.9. The van der Waals surface area contributed by atoms with Gasteiger partial charge in [0.25, 0.3) is 5.91 Å². The molecule has 0 aliphatic heterocycles. The number of hydrogen-bond acceptors (Lipinski definition) is 3. The van der Waals surface area contributed by atoms with Crippen LogP contribution in [-0.2, 0) is 17.5 Å². The normalized spacial score (nSPS) is 14.2. The molecule has 2 amide bonds. The Morgan fingerprint density at radius 3 is 2.58 bits per heavy atom. The lowest BCUT2D eigenvalue weighted by atomic mass is 10.2. The van der Waals surface area contributed by atoms with Crippen LogP contribution in [0.15, 0.2) is 30.5 Å². The van der Waals surface area contributed by atoms with E-state index in [4.69, 9.17) is 11.6 Å². The van der Waals surface area contributed by atoms with Gasteiger partial charge in [-0.1, -0.05) is 11.6 Å². The van der Waals surface area contributed by atoms with Crippen molar-refractivity contribution < 1.29 is 22.8 Å². The number of nitrogens with one attached hydrogen (secondary N) is 2. The summed E-state index contributed by atoms with van der Waals surface area (Å²) in [6.45, 7) is -0.391. The molecule has 1 aliphatic rings. The molecule has 2 N–H and O–H groups in total. The second-order valence-corrected chi connectivity index (χ2v) is 6.29. The van der Waals surface area contributed by atoms with Crippen molar-refractivity contribution in [1.82, 2.24) is 15.1 Å². The molecule has 2 aromatic rings. The van der Waals surface area contributed by atoms with Crippen LogP contribution in [0.25, 0.3) is 0 Å². The maximum absolute atomic E-state index is 12.5. The van der Waals surface area contributed by atoms with Crippen LogP contribution < -0.4 is 10.6 Å². The van der Waals surface area contributed by atoms with E-state index in [0.29, 0.717) is 11.3 Å². The Morgan fingerprint density at radius 1 is 1.27 bits per heavy atom. The number of aromatic nitrogens is 2. The first-order chi connectivity index (χ1) is 12.2. The minimum Gasteiger partial charge on any atom is -0.349 e. The number of amides is 2. The summed E-state index contributed by atoms with van der Waals surface area (Å²) < 4.78 is 38.4. The number of anilines is 1. The molecular weight excluding hydrogens is 373 g/mol. The standard InChI is InChI=1S/C16H14ClF3N4O2/c17-12-7-10(3-4-11(12)15(26)22-9-1-2-9)21-14(25)8-24-6-5-13(23-24)16(18,19)20/h3-7,9H,1-2,8H2,(H,21,25)(H,22,26). The third kappa shape index (κ3) is 4.54. The van der Waals surface area contributed by atoms with E-state index in [1.807, 2.05) is 0 Å². The highest BCUT2D eigenvalue weighted by Gasteiger charge is 2.33. The van der Waals surface area contributed by atoms with Crippen molar-refractivity contribution in [3.05, 3.63) is 46.7 Å². The Labute approximate surface area is 151 Å². The molecule has 0 atom stereocenters. The molecule has 0 saturated heterocycles. The van der Waals surface area contributed by atoms with Gasteiger partial charge < -0.3 is 10.6 Å². The van der Waals surface area contributed by atoms with Crippen LogP contribution in [0.2, 0.25) is 5.02 Å². The summed E-state index contributed by atoms with van der Waals surface area (Å²) >= 11 is 6.07. The molecule has 6 nitrogen and oxygen atoms in total. The van der Waals surface area contributed by atoms with Crippen molar-refractivity contribution in [1.29, 1.82) is 0 Å². The van der Waals surface area contributed by atoms with Gasteiger partial charge in [-0.3, -0.25) is 14.3 Å². The molecule has 1 fully saturated rings. The number of nitrogens with zero attached hydrogens (tertiary/aromatic N) is 2. The van der Waals surface area contributed by atoms with Crippen LogP contribution in [0, 0.1) is 0 Å². The molecule has 26 heavy (non-hydrogen) atoms. The summed E-state index contributed by atoms with van der Waals surface area (Å²) in [5.74, 6) is -0.861. The molecule has 3 rings (SSSR count). The minimum atomic E-state index is -4.56. The molecule has 138 valence electrons. The number of carbonyl (C=O) groups excluding carboxylic acids is 2. The van der Waals surface area contributed by atoms with Crippen molar-refractivity contribution in [2.45, 2.75) is 31.6 Å². The predicted molar refractivity (Wildman–Crippen MR) is 87.8 cm³/mol. The largest absolute Gasteiger partial charge is 0.435 e. The van der Waals surface area contributed by atoms with Gasteiger partial charge in [-0.15, -0.1) is 0 Å². The number of halogens is 4. The van der Waals surface area contributed by atoms with E-state index in [1.165, 1.54) is 18.2 Å². The van der Waals surface area contributed by atoms with Crippen LogP contribution in [0.1, 0.15) is 28.9 Å². The van der Waals surface area contributed by atoms with Crippen molar-refractivity contribution in [3.8, 4) is 0 Å². The lowest BCUT2D eigenvalue weighted by molar-refractivity contribution is -0.141. The predicted octanol–water partition coefficient (Wildman–Crippen LogP) is 3.09. The van der Waals surface area contributed by atoms with Crippen molar-refractivity contribution in [2.24, 2.45) is 0 Å². The molecule has 1 aromatic carbocycles. The summed E-state index contributed by atoms with van der Waals surface area (Å²) in [5, 5.41) is 8.77. The molecule has 0 bridgehead atoms. The quantitative estimate of drug-likeness (QED) is 0.829. The molecule has 1 saturated carbocycles. The van der Waals surface area contributed by atoms with E-state index in [9.17, 15) is 22.8 Å². The summed E-state index contributed by atoms with van der Waals surface area (Å²) in [4.78, 5) is 23.9. The number of hydrogen-bond donors (Lipinski definition) is 2. The maximum Gasteiger partial charge on any atom is 0.435 e. The molecular formula is C16H14ClF3N4O2. The zero-order valence-corrected chi connectivity index (χ0v) is 14.1. The lowest BCUT2D eigenvalue weighted by Gasteiger charge is -2.09. The van der Waals surface area contributed by atoms with Gasteiger partial charge in [-0.2, -0.15) is 18.3 Å². The first kappa shape index (κ1) is 18.2. The van der Waals surface area contributed by atoms with Crippen molar-refractivity contribution in [3.63, 3.8) is 0 Å². The number of rotatable bonds is 5. The Hall–Kier alpha value is -2.55. The Morgan fingerprint density at radius 2 is 2.00 bits per heavy atom. The van der Waals surface area contributed by atoms with Crippen LogP contribution in [0.3, 0.4) is 0 Å². The zero-order valence-electron chi connectivity index (χ0n) is 13.3. The van der Waals surface area contributed by atoms with Gasteiger partial charge in [0.15, 0.2) is 5.69 Å². The second kappa shape index (κ2) is 6.99. The molecule has 0 unspecified atom stereocenters. The van der Waals surface area contributed by atoms with Crippen LogP contribution in [0.4, 0.5) is 18.9 Å². The SMILES string of the molecule is O=C(Cn1ccc(C(F)(F)F)n1)Nc1ccc(C(=O)NC2CC2)c(Cl)c1. The minimum absolute atomic E-state index is 0.166. The Balaban J connectivity index is 1.61. The van der Waals surface area contributed by atoms with Gasteiger partial charge in [-0.05, 0) is 37.1 Å². The van der Waals surface area contributed by atoms with E-state index in [0.717, 1.165) is 29.8 Å². The molecule has 1 heterocycles. The van der Waals surface area contributed by atoms with Gasteiger partial charge in [0.05, 0.1) is 10.6 Å². The monoisotopic (exact) mass is 386 g/mol. The fraction of sp³-hybridized carbons (Fsp3) is 0.312. The van der Waals surface area contributed by atoms with Gasteiger partial charge in [0.1, 0.15) is 6.54 Å². The topological polar surface area (TPSA) is 76.0 Å². The molecule has 0 radical (unpaired) electrons. The Bertz CT molecular complexity index is 846. The first-order valence-electron chi connectivity index (χ1n) is 7.73. The fourth-order valence-electron chi connectivity index (χ4n) is 2.22. The summed E-state index contributed by atoms with van der Waals surface area (Å²) in [6.07, 6.45) is -1.60. The highest BCUT2D eigenvalue weighted by molar-refractivity contribution is 6.34. The average Bonchev–Trinajstić information content (AvgIpc) is 3.21. The number of alkyl halides is 3. The first-order valence-corrected chi connectivity index (χ1v) is 8.11. The van der Waals surface area contributed by atoms with Gasteiger partial charge in [-0.25, -0.2) is 0 Å². The third-order valence-electron chi connectivity index (χ3n) is 3.65. The second-order valence-electron chi connectivity index (χ2n) is 5.89. The van der Waals surface area contributed by atoms with Crippen LogP contribution in [-0.4, -0.2) is 27.6 Å². The maximum atomic E-state index is 12.5. The Kier molecular flexibility index (Phi) is 4.90. The average molecular weight is 387 g/mol. The van der Waals surface area contributed by atoms with Gasteiger partial charge in [0.2, 0.25) is 5.91 Å². The van der Waals surface area contributed by atoms with Gasteiger partial charge in [0, 0.05) is 17.9 Å².